The van der Waals surface area contributed by atoms with E-state index in [1.807, 2.05) is 43.9 Å². The third kappa shape index (κ3) is 5.46. The highest BCUT2D eigenvalue weighted by molar-refractivity contribution is 6.33. The van der Waals surface area contributed by atoms with Gasteiger partial charge < -0.3 is 4.57 Å². The maximum Gasteiger partial charge on any atom is 0.257 e. The van der Waals surface area contributed by atoms with Crippen molar-refractivity contribution >= 4 is 28.7 Å². The van der Waals surface area contributed by atoms with Crippen LogP contribution in [0.4, 0.5) is 0 Å². The van der Waals surface area contributed by atoms with Crippen molar-refractivity contribution in [2.45, 2.75) is 53.5 Å². The highest BCUT2D eigenvalue weighted by atomic mass is 35.5. The van der Waals surface area contributed by atoms with Crippen molar-refractivity contribution < 1.29 is 4.79 Å². The van der Waals surface area contributed by atoms with Crippen molar-refractivity contribution in [3.8, 4) is 0 Å². The van der Waals surface area contributed by atoms with E-state index in [9.17, 15) is 4.79 Å². The van der Waals surface area contributed by atoms with Crippen LogP contribution in [-0.2, 0) is 0 Å². The molecule has 1 aliphatic carbocycles. The number of fused-ring (bicyclic) bond motifs is 1. The monoisotopic (exact) mass is 502 g/mol. The lowest BCUT2D eigenvalue weighted by Gasteiger charge is -2.37. The van der Waals surface area contributed by atoms with E-state index in [-0.39, 0.29) is 16.5 Å². The summed E-state index contributed by atoms with van der Waals surface area (Å²) < 4.78 is 3.57. The number of carbonyl (C=O) groups excluding carboxylic acids is 1. The van der Waals surface area contributed by atoms with Gasteiger partial charge in [-0.3, -0.25) is 4.79 Å². The summed E-state index contributed by atoms with van der Waals surface area (Å²) in [5.74, 6) is -0.246. The fraction of sp³-hybridized carbons (Fsp3) is 0.321. The zero-order valence-electron chi connectivity index (χ0n) is 21.3. The molecule has 3 aromatic rings. The molecular weight excluding hydrogens is 472 g/mol. The van der Waals surface area contributed by atoms with E-state index in [1.165, 1.54) is 28.4 Å². The number of allylic oxidation sites excluding steroid dienone is 10. The van der Waals surface area contributed by atoms with Crippen molar-refractivity contribution in [1.29, 1.82) is 0 Å². The van der Waals surface area contributed by atoms with E-state index in [1.54, 1.807) is 6.08 Å². The molecule has 3 aromatic heterocycles. The number of nitrogens with zero attached hydrogens (tertiary/aromatic N) is 6. The molecule has 1 atom stereocenters. The van der Waals surface area contributed by atoms with Crippen LogP contribution in [0.25, 0.3) is 11.2 Å². The number of aromatic nitrogens is 6. The van der Waals surface area contributed by atoms with Crippen molar-refractivity contribution in [3.05, 3.63) is 95.3 Å². The van der Waals surface area contributed by atoms with Crippen LogP contribution in [0, 0.1) is 5.41 Å². The first-order valence-corrected chi connectivity index (χ1v) is 12.3. The number of imidazole rings is 2. The summed E-state index contributed by atoms with van der Waals surface area (Å²) in [6, 6.07) is 0.352. The van der Waals surface area contributed by atoms with Crippen molar-refractivity contribution in [3.63, 3.8) is 0 Å². The number of hydrogen-bond acceptors (Lipinski definition) is 5. The zero-order valence-corrected chi connectivity index (χ0v) is 22.1. The Balaban J connectivity index is 1.47. The van der Waals surface area contributed by atoms with Gasteiger partial charge in [0.25, 0.3) is 5.91 Å². The molecule has 0 saturated carbocycles. The quantitative estimate of drug-likeness (QED) is 0.213. The summed E-state index contributed by atoms with van der Waals surface area (Å²) >= 11 is 6.02. The second-order valence-corrected chi connectivity index (χ2v) is 10.2. The standard InChI is InChI=1S/C28H31ClN6O/c1-19(9-10-22-21(3)23(11-12-28(22,4)5)34-14-13-30-17-34)7-6-8-20(2)15-24(36)35-18-33-25-26(29)31-16-32-27(25)35/h6-10,13-18,23H,11-12H2,1-5H3/b8-6+,10-9+,19-7+,20-15+. The molecule has 0 aliphatic heterocycles. The summed E-state index contributed by atoms with van der Waals surface area (Å²) in [6.07, 6.45) is 22.6. The fourth-order valence-electron chi connectivity index (χ4n) is 4.65. The average Bonchev–Trinajstić information content (AvgIpc) is 3.49. The minimum atomic E-state index is -0.246. The maximum atomic E-state index is 12.7. The molecule has 0 bridgehead atoms. The first-order chi connectivity index (χ1) is 17.2. The first-order valence-electron chi connectivity index (χ1n) is 12.0. The highest BCUT2D eigenvalue weighted by Crippen LogP contribution is 2.45. The third-order valence-electron chi connectivity index (χ3n) is 6.69. The van der Waals surface area contributed by atoms with Gasteiger partial charge in [-0.05, 0) is 55.7 Å². The van der Waals surface area contributed by atoms with Crippen molar-refractivity contribution in [2.24, 2.45) is 5.41 Å². The molecule has 0 fully saturated rings. The highest BCUT2D eigenvalue weighted by Gasteiger charge is 2.32. The minimum Gasteiger partial charge on any atom is -0.330 e. The molecule has 3 heterocycles. The Morgan fingerprint density at radius 3 is 2.69 bits per heavy atom. The Morgan fingerprint density at radius 1 is 1.14 bits per heavy atom. The second-order valence-electron chi connectivity index (χ2n) is 9.83. The lowest BCUT2D eigenvalue weighted by molar-refractivity contribution is 0.0972. The van der Waals surface area contributed by atoms with Crippen LogP contribution in [0.5, 0.6) is 0 Å². The Morgan fingerprint density at radius 2 is 1.94 bits per heavy atom. The molecule has 4 rings (SSSR count). The Bertz CT molecular complexity index is 1420. The summed E-state index contributed by atoms with van der Waals surface area (Å²) in [6.45, 7) is 10.8. The first kappa shape index (κ1) is 25.5. The van der Waals surface area contributed by atoms with E-state index < -0.39 is 0 Å². The van der Waals surface area contributed by atoms with E-state index >= 15 is 0 Å². The van der Waals surface area contributed by atoms with E-state index in [0.717, 1.165) is 24.0 Å². The third-order valence-corrected chi connectivity index (χ3v) is 6.97. The largest absolute Gasteiger partial charge is 0.330 e. The summed E-state index contributed by atoms with van der Waals surface area (Å²) in [5.41, 5.74) is 5.62. The van der Waals surface area contributed by atoms with Gasteiger partial charge in [0.1, 0.15) is 18.2 Å². The summed E-state index contributed by atoms with van der Waals surface area (Å²) in [7, 11) is 0. The Hall–Kier alpha value is -3.58. The molecule has 1 unspecified atom stereocenters. The van der Waals surface area contributed by atoms with E-state index in [0.29, 0.717) is 17.2 Å². The Kier molecular flexibility index (Phi) is 7.50. The SMILES string of the molecule is CC1=C(/C=C/C(C)=C/C=C/C(C)=C/C(=O)n2cnc3c(Cl)ncnc32)C(C)(C)CCC1n1ccnc1. The van der Waals surface area contributed by atoms with Crippen LogP contribution in [0.2, 0.25) is 5.15 Å². The minimum absolute atomic E-state index is 0.125. The van der Waals surface area contributed by atoms with Crippen LogP contribution < -0.4 is 0 Å². The predicted molar refractivity (Wildman–Crippen MR) is 144 cm³/mol. The van der Waals surface area contributed by atoms with Crippen LogP contribution in [0.3, 0.4) is 0 Å². The van der Waals surface area contributed by atoms with Crippen molar-refractivity contribution in [2.75, 3.05) is 0 Å². The molecule has 36 heavy (non-hydrogen) atoms. The molecule has 0 spiro atoms. The van der Waals surface area contributed by atoms with Crippen LogP contribution in [0.1, 0.15) is 58.3 Å². The average molecular weight is 503 g/mol. The smallest absolute Gasteiger partial charge is 0.257 e. The molecule has 7 nitrogen and oxygen atoms in total. The van der Waals surface area contributed by atoms with E-state index in [4.69, 9.17) is 11.6 Å². The van der Waals surface area contributed by atoms with Gasteiger partial charge in [-0.15, -0.1) is 0 Å². The molecule has 0 amide bonds. The van der Waals surface area contributed by atoms with Gasteiger partial charge in [0.05, 0.1) is 12.4 Å². The topological polar surface area (TPSA) is 78.5 Å². The van der Waals surface area contributed by atoms with Crippen LogP contribution in [0.15, 0.2) is 90.1 Å². The summed E-state index contributed by atoms with van der Waals surface area (Å²) in [5, 5.41) is 0.223. The Labute approximate surface area is 216 Å². The number of rotatable bonds is 6. The molecule has 0 saturated heterocycles. The van der Waals surface area contributed by atoms with Crippen LogP contribution >= 0.6 is 11.6 Å². The van der Waals surface area contributed by atoms with Gasteiger partial charge in [-0.2, -0.15) is 0 Å². The normalized spacial score (nSPS) is 19.2. The number of carbonyl (C=O) groups is 1. The molecule has 8 heteroatoms. The fourth-order valence-corrected chi connectivity index (χ4v) is 4.82. The van der Waals surface area contributed by atoms with Gasteiger partial charge in [0.2, 0.25) is 0 Å². The molecule has 186 valence electrons. The molecule has 0 N–H and O–H groups in total. The molecule has 0 radical (unpaired) electrons. The lowest BCUT2D eigenvalue weighted by Crippen LogP contribution is -2.25. The second kappa shape index (κ2) is 10.6. The summed E-state index contributed by atoms with van der Waals surface area (Å²) in [4.78, 5) is 29.1. The number of hydrogen-bond donors (Lipinski definition) is 0. The number of halogens is 1. The van der Waals surface area contributed by atoms with Gasteiger partial charge >= 0.3 is 0 Å². The lowest BCUT2D eigenvalue weighted by atomic mass is 9.71. The van der Waals surface area contributed by atoms with Crippen molar-refractivity contribution in [1.82, 2.24) is 29.1 Å². The molecule has 1 aliphatic rings. The van der Waals surface area contributed by atoms with Gasteiger partial charge in [-0.1, -0.05) is 61.4 Å². The zero-order chi connectivity index (χ0) is 25.9. The van der Waals surface area contributed by atoms with Gasteiger partial charge in [-0.25, -0.2) is 24.5 Å². The molecular formula is C28H31ClN6O. The predicted octanol–water partition coefficient (Wildman–Crippen LogP) is 6.70. The molecule has 0 aromatic carbocycles. The maximum absolute atomic E-state index is 12.7. The van der Waals surface area contributed by atoms with E-state index in [2.05, 4.69) is 64.4 Å². The van der Waals surface area contributed by atoms with Crippen LogP contribution in [-0.4, -0.2) is 35.0 Å². The van der Waals surface area contributed by atoms with Gasteiger partial charge in [0, 0.05) is 18.5 Å². The van der Waals surface area contributed by atoms with Gasteiger partial charge in [0.15, 0.2) is 10.8 Å².